The highest BCUT2D eigenvalue weighted by atomic mass is 14.9. The Morgan fingerprint density at radius 2 is 1.39 bits per heavy atom. The van der Waals surface area contributed by atoms with E-state index >= 15 is 0 Å². The van der Waals surface area contributed by atoms with E-state index in [1.54, 1.807) is 0 Å². The molecule has 0 spiro atoms. The van der Waals surface area contributed by atoms with E-state index in [9.17, 15) is 0 Å². The fraction of sp³-hybridized carbons (Fsp3) is 0.429. The lowest BCUT2D eigenvalue weighted by atomic mass is 10.1. The van der Waals surface area contributed by atoms with Crippen LogP contribution in [-0.4, -0.2) is 12.6 Å². The Morgan fingerprint density at radius 3 is 2.00 bits per heavy atom. The summed E-state index contributed by atoms with van der Waals surface area (Å²) in [7, 11) is 0. The summed E-state index contributed by atoms with van der Waals surface area (Å²) in [5, 5.41) is 7.21. The van der Waals surface area contributed by atoms with Gasteiger partial charge in [-0.15, -0.1) is 0 Å². The second-order valence-corrected chi connectivity index (χ2v) is 6.13. The standard InChI is InChI=1S/C21H30N2/c1-2-21(23-18-20-13-7-4-8-14-20)15-9-10-16-22-17-19-11-5-3-6-12-19/h3-8,11-14,21-23H,2,9-10,15-18H2,1H3. The number of benzene rings is 2. The van der Waals surface area contributed by atoms with Crippen LogP contribution in [-0.2, 0) is 13.1 Å². The lowest BCUT2D eigenvalue weighted by Crippen LogP contribution is -2.28. The van der Waals surface area contributed by atoms with Gasteiger partial charge >= 0.3 is 0 Å². The summed E-state index contributed by atoms with van der Waals surface area (Å²) >= 11 is 0. The van der Waals surface area contributed by atoms with Crippen LogP contribution in [0.2, 0.25) is 0 Å². The van der Waals surface area contributed by atoms with Crippen molar-refractivity contribution in [2.45, 2.75) is 51.7 Å². The van der Waals surface area contributed by atoms with Gasteiger partial charge in [-0.3, -0.25) is 0 Å². The molecule has 2 rings (SSSR count). The van der Waals surface area contributed by atoms with Crippen molar-refractivity contribution in [3.8, 4) is 0 Å². The van der Waals surface area contributed by atoms with Crippen LogP contribution in [0.25, 0.3) is 0 Å². The van der Waals surface area contributed by atoms with Gasteiger partial charge in [-0.25, -0.2) is 0 Å². The van der Waals surface area contributed by atoms with Crippen LogP contribution < -0.4 is 10.6 Å². The molecule has 2 nitrogen and oxygen atoms in total. The molecule has 1 unspecified atom stereocenters. The zero-order valence-corrected chi connectivity index (χ0v) is 14.3. The van der Waals surface area contributed by atoms with Crippen molar-refractivity contribution >= 4 is 0 Å². The predicted molar refractivity (Wildman–Crippen MR) is 99.4 cm³/mol. The molecule has 0 saturated heterocycles. The largest absolute Gasteiger partial charge is 0.313 e. The summed E-state index contributed by atoms with van der Waals surface area (Å²) in [6.07, 6.45) is 4.99. The molecule has 1 atom stereocenters. The third kappa shape index (κ3) is 7.45. The number of hydrogen-bond acceptors (Lipinski definition) is 2. The molecule has 0 aliphatic carbocycles. The SMILES string of the molecule is CCC(CCCCNCc1ccccc1)NCc1ccccc1. The lowest BCUT2D eigenvalue weighted by molar-refractivity contribution is 0.443. The van der Waals surface area contributed by atoms with Gasteiger partial charge in [-0.05, 0) is 36.9 Å². The second-order valence-electron chi connectivity index (χ2n) is 6.13. The summed E-state index contributed by atoms with van der Waals surface area (Å²) in [4.78, 5) is 0. The average Bonchev–Trinajstić information content (AvgIpc) is 2.62. The molecule has 0 amide bonds. The fourth-order valence-corrected chi connectivity index (χ4v) is 2.78. The van der Waals surface area contributed by atoms with Gasteiger partial charge in [0.05, 0.1) is 0 Å². The third-order valence-corrected chi connectivity index (χ3v) is 4.26. The van der Waals surface area contributed by atoms with Gasteiger partial charge in [0.15, 0.2) is 0 Å². The molecule has 124 valence electrons. The van der Waals surface area contributed by atoms with Crippen molar-refractivity contribution in [1.82, 2.24) is 10.6 Å². The maximum absolute atomic E-state index is 3.68. The van der Waals surface area contributed by atoms with Crippen LogP contribution in [0, 0.1) is 0 Å². The lowest BCUT2D eigenvalue weighted by Gasteiger charge is -2.17. The Hall–Kier alpha value is -1.64. The van der Waals surface area contributed by atoms with Crippen molar-refractivity contribution in [3.05, 3.63) is 71.8 Å². The molecule has 0 bridgehead atoms. The van der Waals surface area contributed by atoms with Crippen molar-refractivity contribution in [3.63, 3.8) is 0 Å². The van der Waals surface area contributed by atoms with Crippen molar-refractivity contribution < 1.29 is 0 Å². The highest BCUT2D eigenvalue weighted by Crippen LogP contribution is 2.06. The van der Waals surface area contributed by atoms with E-state index in [4.69, 9.17) is 0 Å². The molecular weight excluding hydrogens is 280 g/mol. The number of unbranched alkanes of at least 4 members (excludes halogenated alkanes) is 1. The molecule has 0 aliphatic rings. The molecule has 2 N–H and O–H groups in total. The highest BCUT2D eigenvalue weighted by Gasteiger charge is 2.05. The van der Waals surface area contributed by atoms with E-state index in [2.05, 4.69) is 78.2 Å². The molecule has 0 heterocycles. The van der Waals surface area contributed by atoms with Crippen LogP contribution >= 0.6 is 0 Å². The van der Waals surface area contributed by atoms with Crippen molar-refractivity contribution in [1.29, 1.82) is 0 Å². The summed E-state index contributed by atoms with van der Waals surface area (Å²) < 4.78 is 0. The van der Waals surface area contributed by atoms with Crippen LogP contribution in [0.3, 0.4) is 0 Å². The summed E-state index contributed by atoms with van der Waals surface area (Å²) in [5.74, 6) is 0. The van der Waals surface area contributed by atoms with Gasteiger partial charge < -0.3 is 10.6 Å². The fourth-order valence-electron chi connectivity index (χ4n) is 2.78. The molecule has 2 heteroatoms. The Labute approximate surface area is 141 Å². The molecule has 2 aromatic carbocycles. The first-order valence-electron chi connectivity index (χ1n) is 8.90. The van der Waals surface area contributed by atoms with E-state index in [1.807, 2.05) is 0 Å². The minimum Gasteiger partial charge on any atom is -0.313 e. The second kappa shape index (κ2) is 11.0. The molecule has 23 heavy (non-hydrogen) atoms. The van der Waals surface area contributed by atoms with Gasteiger partial charge in [-0.2, -0.15) is 0 Å². The van der Waals surface area contributed by atoms with E-state index < -0.39 is 0 Å². The first kappa shape index (κ1) is 17.7. The quantitative estimate of drug-likeness (QED) is 0.597. The van der Waals surface area contributed by atoms with Gasteiger partial charge in [0.2, 0.25) is 0 Å². The van der Waals surface area contributed by atoms with E-state index in [0.29, 0.717) is 6.04 Å². The Kier molecular flexibility index (Phi) is 8.46. The minimum atomic E-state index is 0.629. The summed E-state index contributed by atoms with van der Waals surface area (Å²) in [6, 6.07) is 21.9. The highest BCUT2D eigenvalue weighted by molar-refractivity contribution is 5.14. The van der Waals surface area contributed by atoms with Gasteiger partial charge in [0, 0.05) is 19.1 Å². The molecule has 0 aromatic heterocycles. The van der Waals surface area contributed by atoms with Crippen LogP contribution in [0.1, 0.15) is 43.7 Å². The van der Waals surface area contributed by atoms with Crippen LogP contribution in [0.5, 0.6) is 0 Å². The Balaban J connectivity index is 1.53. The molecule has 0 aliphatic heterocycles. The number of rotatable bonds is 11. The predicted octanol–water partition coefficient (Wildman–Crippen LogP) is 4.51. The molecule has 0 saturated carbocycles. The zero-order valence-electron chi connectivity index (χ0n) is 14.3. The zero-order chi connectivity index (χ0) is 16.2. The van der Waals surface area contributed by atoms with E-state index in [0.717, 1.165) is 19.6 Å². The van der Waals surface area contributed by atoms with Gasteiger partial charge in [0.1, 0.15) is 0 Å². The van der Waals surface area contributed by atoms with E-state index in [1.165, 1.54) is 36.8 Å². The van der Waals surface area contributed by atoms with Gasteiger partial charge in [-0.1, -0.05) is 74.0 Å². The minimum absolute atomic E-state index is 0.629. The maximum atomic E-state index is 3.68. The van der Waals surface area contributed by atoms with Crippen molar-refractivity contribution in [2.75, 3.05) is 6.54 Å². The van der Waals surface area contributed by atoms with E-state index in [-0.39, 0.29) is 0 Å². The molecule has 0 fully saturated rings. The van der Waals surface area contributed by atoms with Crippen molar-refractivity contribution in [2.24, 2.45) is 0 Å². The number of hydrogen-bond donors (Lipinski definition) is 2. The third-order valence-electron chi connectivity index (χ3n) is 4.26. The molecular formula is C21H30N2. The van der Waals surface area contributed by atoms with Crippen LogP contribution in [0.15, 0.2) is 60.7 Å². The normalized spacial score (nSPS) is 12.2. The summed E-state index contributed by atoms with van der Waals surface area (Å²) in [6.45, 7) is 5.33. The Morgan fingerprint density at radius 1 is 0.783 bits per heavy atom. The van der Waals surface area contributed by atoms with Crippen LogP contribution in [0.4, 0.5) is 0 Å². The monoisotopic (exact) mass is 310 g/mol. The smallest absolute Gasteiger partial charge is 0.0208 e. The topological polar surface area (TPSA) is 24.1 Å². The number of nitrogens with one attached hydrogen (secondary N) is 2. The first-order chi connectivity index (χ1) is 11.4. The summed E-state index contributed by atoms with van der Waals surface area (Å²) in [5.41, 5.74) is 2.74. The molecule has 0 radical (unpaired) electrons. The average molecular weight is 310 g/mol. The maximum Gasteiger partial charge on any atom is 0.0208 e. The first-order valence-corrected chi connectivity index (χ1v) is 8.90. The Bertz CT molecular complexity index is 510. The molecule has 2 aromatic rings. The van der Waals surface area contributed by atoms with Gasteiger partial charge in [0.25, 0.3) is 0 Å².